The molecule has 1 aliphatic carbocycles. The lowest BCUT2D eigenvalue weighted by molar-refractivity contribution is 0.0950. The molecule has 0 N–H and O–H groups in total. The summed E-state index contributed by atoms with van der Waals surface area (Å²) in [6.07, 6.45) is 4.51. The van der Waals surface area contributed by atoms with Gasteiger partial charge < -0.3 is 9.26 Å². The zero-order valence-electron chi connectivity index (χ0n) is 16.6. The van der Waals surface area contributed by atoms with Crippen molar-refractivity contribution in [2.45, 2.75) is 44.4 Å². The molecule has 29 heavy (non-hydrogen) atoms. The Morgan fingerprint density at radius 2 is 2.14 bits per heavy atom. The first-order valence-electron chi connectivity index (χ1n) is 9.32. The van der Waals surface area contributed by atoms with Crippen molar-refractivity contribution in [3.8, 4) is 5.75 Å². The summed E-state index contributed by atoms with van der Waals surface area (Å²) < 4.78 is 47.0. The number of nitrogens with zero attached hydrogens (tertiary/aromatic N) is 3. The largest absolute Gasteiger partial charge is 0.490 e. The van der Waals surface area contributed by atoms with Gasteiger partial charge in [0.25, 0.3) is 0 Å². The average Bonchev–Trinajstić information content (AvgIpc) is 3.38. The van der Waals surface area contributed by atoms with Gasteiger partial charge in [0.05, 0.1) is 11.2 Å². The second-order valence-electron chi connectivity index (χ2n) is 7.79. The van der Waals surface area contributed by atoms with Crippen LogP contribution in [-0.4, -0.2) is 54.6 Å². The highest BCUT2D eigenvalue weighted by molar-refractivity contribution is 7.90. The molecule has 0 aromatic carbocycles. The Bertz CT molecular complexity index is 1000. The molecule has 1 atom stereocenters. The molecule has 1 fully saturated rings. The fraction of sp³-hybridized carbons (Fsp3) is 0.579. The molecule has 158 valence electrons. The number of hydrogen-bond donors (Lipinski definition) is 0. The van der Waals surface area contributed by atoms with Gasteiger partial charge in [-0.2, -0.15) is 4.98 Å². The van der Waals surface area contributed by atoms with Crippen molar-refractivity contribution in [2.75, 3.05) is 25.3 Å². The number of carbonyl (C=O) groups excluding carboxylic acids is 1. The number of pyridine rings is 1. The Labute approximate surface area is 168 Å². The van der Waals surface area contributed by atoms with E-state index < -0.39 is 21.9 Å². The van der Waals surface area contributed by atoms with E-state index in [4.69, 9.17) is 9.26 Å². The van der Waals surface area contributed by atoms with Crippen LogP contribution in [0.3, 0.4) is 0 Å². The first-order chi connectivity index (χ1) is 13.6. The van der Waals surface area contributed by atoms with Gasteiger partial charge in [-0.3, -0.25) is 9.78 Å². The number of sulfone groups is 1. The predicted octanol–water partition coefficient (Wildman–Crippen LogP) is 2.57. The van der Waals surface area contributed by atoms with Crippen molar-refractivity contribution in [1.29, 1.82) is 0 Å². The van der Waals surface area contributed by atoms with E-state index in [0.717, 1.165) is 24.7 Å². The number of halogens is 1. The number of aromatic nitrogens is 3. The van der Waals surface area contributed by atoms with E-state index in [0.29, 0.717) is 11.7 Å². The topological polar surface area (TPSA) is 112 Å². The molecule has 2 heterocycles. The van der Waals surface area contributed by atoms with Crippen LogP contribution < -0.4 is 4.74 Å². The van der Waals surface area contributed by atoms with E-state index in [1.807, 2.05) is 0 Å². The fourth-order valence-corrected chi connectivity index (χ4v) is 4.73. The summed E-state index contributed by atoms with van der Waals surface area (Å²) in [5.74, 6) is 0.489. The molecule has 8 nitrogen and oxygen atoms in total. The first kappa shape index (κ1) is 21.4. The van der Waals surface area contributed by atoms with Gasteiger partial charge in [-0.15, -0.1) is 0 Å². The van der Waals surface area contributed by atoms with Gasteiger partial charge in [0, 0.05) is 37.4 Å². The van der Waals surface area contributed by atoms with Crippen LogP contribution in [0.25, 0.3) is 0 Å². The maximum Gasteiger partial charge on any atom is 0.223 e. The Morgan fingerprint density at radius 3 is 2.69 bits per heavy atom. The van der Waals surface area contributed by atoms with Gasteiger partial charge in [0.15, 0.2) is 11.6 Å². The van der Waals surface area contributed by atoms with Crippen LogP contribution in [0.4, 0.5) is 4.39 Å². The standard InChI is InChI=1S/C19H24FN3O5S/c1-12-22-18(23-28-12)19(2,11-29(3,25)26)9-16(24)15-8-17(27-7-6-20)14(10-21-15)13-4-5-13/h8,10,13H,4-7,9,11H2,1-3H3. The lowest BCUT2D eigenvalue weighted by Crippen LogP contribution is -2.35. The Hall–Kier alpha value is -2.36. The molecule has 1 saturated carbocycles. The van der Waals surface area contributed by atoms with Crippen molar-refractivity contribution in [2.24, 2.45) is 0 Å². The summed E-state index contributed by atoms with van der Waals surface area (Å²) in [5.41, 5.74) is -0.190. The number of aryl methyl sites for hydroxylation is 1. The third kappa shape index (κ3) is 5.37. The second-order valence-corrected chi connectivity index (χ2v) is 9.93. The van der Waals surface area contributed by atoms with E-state index in [2.05, 4.69) is 15.1 Å². The summed E-state index contributed by atoms with van der Waals surface area (Å²) in [4.78, 5) is 21.4. The van der Waals surface area contributed by atoms with Crippen LogP contribution in [0.5, 0.6) is 5.75 Å². The fourth-order valence-electron chi connectivity index (χ4n) is 3.34. The normalized spacial score (nSPS) is 16.4. The molecule has 0 bridgehead atoms. The number of Topliss-reactive ketones (excluding diaryl/α,β-unsaturated/α-hetero) is 1. The monoisotopic (exact) mass is 425 g/mol. The maximum atomic E-state index is 13.0. The van der Waals surface area contributed by atoms with Gasteiger partial charge in [0.1, 0.15) is 34.6 Å². The van der Waals surface area contributed by atoms with E-state index in [1.165, 1.54) is 6.07 Å². The Balaban J connectivity index is 1.89. The Morgan fingerprint density at radius 1 is 1.41 bits per heavy atom. The highest BCUT2D eigenvalue weighted by Crippen LogP contribution is 2.44. The predicted molar refractivity (Wildman–Crippen MR) is 103 cm³/mol. The van der Waals surface area contributed by atoms with Gasteiger partial charge in [-0.1, -0.05) is 12.1 Å². The number of carbonyl (C=O) groups is 1. The maximum absolute atomic E-state index is 13.0. The highest BCUT2D eigenvalue weighted by Gasteiger charge is 2.38. The third-order valence-electron chi connectivity index (χ3n) is 4.73. The molecule has 0 radical (unpaired) electrons. The lowest BCUT2D eigenvalue weighted by atomic mass is 9.85. The summed E-state index contributed by atoms with van der Waals surface area (Å²) in [7, 11) is -3.44. The molecule has 0 amide bonds. The summed E-state index contributed by atoms with van der Waals surface area (Å²) in [6, 6.07) is 1.51. The first-order valence-corrected chi connectivity index (χ1v) is 11.4. The SMILES string of the molecule is Cc1nc(C(C)(CC(=O)c2cc(OCCF)c(C3CC3)cn2)CS(C)(=O)=O)no1. The number of rotatable bonds is 10. The van der Waals surface area contributed by atoms with Crippen LogP contribution in [-0.2, 0) is 15.3 Å². The van der Waals surface area contributed by atoms with Crippen molar-refractivity contribution < 1.29 is 26.9 Å². The van der Waals surface area contributed by atoms with Crippen LogP contribution >= 0.6 is 0 Å². The van der Waals surface area contributed by atoms with E-state index in [9.17, 15) is 17.6 Å². The smallest absolute Gasteiger partial charge is 0.223 e. The second kappa shape index (κ2) is 8.17. The molecule has 2 aromatic heterocycles. The van der Waals surface area contributed by atoms with Gasteiger partial charge in [-0.25, -0.2) is 12.8 Å². The minimum absolute atomic E-state index is 0.106. The van der Waals surface area contributed by atoms with Crippen molar-refractivity contribution >= 4 is 15.6 Å². The number of alkyl halides is 1. The van der Waals surface area contributed by atoms with Gasteiger partial charge in [-0.05, 0) is 18.8 Å². The highest BCUT2D eigenvalue weighted by atomic mass is 32.2. The molecule has 1 unspecified atom stereocenters. The van der Waals surface area contributed by atoms with Gasteiger partial charge in [0.2, 0.25) is 5.89 Å². The number of ether oxygens (including phenoxy) is 1. The van der Waals surface area contributed by atoms with Crippen LogP contribution in [0.2, 0.25) is 0 Å². The van der Waals surface area contributed by atoms with E-state index in [-0.39, 0.29) is 42.0 Å². The minimum Gasteiger partial charge on any atom is -0.490 e. The van der Waals surface area contributed by atoms with Crippen LogP contribution in [0.1, 0.15) is 59.9 Å². The molecule has 0 saturated heterocycles. The Kier molecular flexibility index (Phi) is 6.02. The lowest BCUT2D eigenvalue weighted by Gasteiger charge is -2.24. The number of hydrogen-bond acceptors (Lipinski definition) is 8. The van der Waals surface area contributed by atoms with Crippen molar-refractivity contribution in [1.82, 2.24) is 15.1 Å². The van der Waals surface area contributed by atoms with E-state index in [1.54, 1.807) is 20.0 Å². The molecular formula is C19H24FN3O5S. The van der Waals surface area contributed by atoms with Crippen molar-refractivity contribution in [3.63, 3.8) is 0 Å². The minimum atomic E-state index is -3.44. The summed E-state index contributed by atoms with van der Waals surface area (Å²) in [6.45, 7) is 2.45. The molecule has 0 aliphatic heterocycles. The third-order valence-corrected chi connectivity index (χ3v) is 5.89. The quantitative estimate of drug-likeness (QED) is 0.534. The molecular weight excluding hydrogens is 401 g/mol. The van der Waals surface area contributed by atoms with Gasteiger partial charge >= 0.3 is 0 Å². The van der Waals surface area contributed by atoms with E-state index >= 15 is 0 Å². The molecule has 2 aromatic rings. The number of ketones is 1. The van der Waals surface area contributed by atoms with Crippen LogP contribution in [0, 0.1) is 6.92 Å². The zero-order valence-corrected chi connectivity index (χ0v) is 17.5. The summed E-state index contributed by atoms with van der Waals surface area (Å²) in [5, 5.41) is 3.83. The van der Waals surface area contributed by atoms with Crippen molar-refractivity contribution in [3.05, 3.63) is 35.2 Å². The molecule has 10 heteroatoms. The molecule has 3 rings (SSSR count). The molecule has 1 aliphatic rings. The molecule has 0 spiro atoms. The average molecular weight is 425 g/mol. The zero-order chi connectivity index (χ0) is 21.2. The van der Waals surface area contributed by atoms with Crippen LogP contribution in [0.15, 0.2) is 16.8 Å². The summed E-state index contributed by atoms with van der Waals surface area (Å²) >= 11 is 0.